The first-order valence-corrected chi connectivity index (χ1v) is 6.21. The lowest BCUT2D eigenvalue weighted by atomic mass is 9.94. The van der Waals surface area contributed by atoms with Crippen LogP contribution in [0.25, 0.3) is 5.57 Å². The van der Waals surface area contributed by atoms with Crippen molar-refractivity contribution < 1.29 is 9.84 Å². The zero-order valence-electron chi connectivity index (χ0n) is 11.4. The molecule has 5 heteroatoms. The Labute approximate surface area is 113 Å². The van der Waals surface area contributed by atoms with Gasteiger partial charge < -0.3 is 15.6 Å². The average Bonchev–Trinajstić information content (AvgIpc) is 2.38. The summed E-state index contributed by atoms with van der Waals surface area (Å²) in [6, 6.07) is 7.60. The Morgan fingerprint density at radius 1 is 1.37 bits per heavy atom. The van der Waals surface area contributed by atoms with Crippen LogP contribution >= 0.6 is 0 Å². The Morgan fingerprint density at radius 3 is 2.58 bits per heavy atom. The molecule has 1 aliphatic heterocycles. The van der Waals surface area contributed by atoms with Crippen molar-refractivity contribution in [3.8, 4) is 0 Å². The third kappa shape index (κ3) is 2.42. The second-order valence-corrected chi connectivity index (χ2v) is 4.55. The Kier molecular flexibility index (Phi) is 3.76. The van der Waals surface area contributed by atoms with Crippen molar-refractivity contribution in [2.24, 2.45) is 10.7 Å². The van der Waals surface area contributed by atoms with Gasteiger partial charge in [0.2, 0.25) is 0 Å². The van der Waals surface area contributed by atoms with E-state index in [1.807, 2.05) is 50.2 Å². The summed E-state index contributed by atoms with van der Waals surface area (Å²) in [5.41, 5.74) is 8.32. The summed E-state index contributed by atoms with van der Waals surface area (Å²) in [7, 11) is 3.77. The lowest BCUT2D eigenvalue weighted by Crippen LogP contribution is -2.35. The van der Waals surface area contributed by atoms with E-state index in [1.165, 1.54) is 0 Å². The van der Waals surface area contributed by atoms with Gasteiger partial charge in [-0.2, -0.15) is 0 Å². The second kappa shape index (κ2) is 5.32. The molecule has 0 saturated carbocycles. The Balaban J connectivity index is 2.63. The van der Waals surface area contributed by atoms with Gasteiger partial charge in [-0.3, -0.25) is 4.90 Å². The largest absolute Gasteiger partial charge is 0.481 e. The molecule has 0 fully saturated rings. The summed E-state index contributed by atoms with van der Waals surface area (Å²) in [4.78, 5) is 6.31. The van der Waals surface area contributed by atoms with E-state index in [-0.39, 0.29) is 12.1 Å². The Hall–Kier alpha value is -2.01. The van der Waals surface area contributed by atoms with E-state index >= 15 is 0 Å². The standard InChI is InChI=1S/C14H19N3O2/c1-4-19-14(18)11-9-7-5-6-8-10(9)12(15)16-13(11)17(2)3/h5-8,13,18H,4H2,1-3H3,(H2,15,16)/b14-11-. The fraction of sp³-hybridized carbons (Fsp3) is 0.357. The van der Waals surface area contributed by atoms with Crippen molar-refractivity contribution in [2.75, 3.05) is 20.7 Å². The van der Waals surface area contributed by atoms with Crippen molar-refractivity contribution in [2.45, 2.75) is 13.1 Å². The Bertz CT molecular complexity index is 535. The van der Waals surface area contributed by atoms with Crippen LogP contribution in [0.4, 0.5) is 0 Å². The number of benzene rings is 1. The third-order valence-electron chi connectivity index (χ3n) is 3.01. The number of aliphatic hydroxyl groups excluding tert-OH is 1. The molecule has 2 rings (SSSR count). The number of amidine groups is 1. The number of rotatable bonds is 3. The van der Waals surface area contributed by atoms with Gasteiger partial charge in [-0.15, -0.1) is 0 Å². The van der Waals surface area contributed by atoms with Gasteiger partial charge in [0.05, 0.1) is 12.2 Å². The van der Waals surface area contributed by atoms with Gasteiger partial charge in [0, 0.05) is 5.56 Å². The summed E-state index contributed by atoms with van der Waals surface area (Å²) in [5, 5.41) is 10.1. The van der Waals surface area contributed by atoms with Crippen LogP contribution in [0, 0.1) is 0 Å². The molecule has 5 nitrogen and oxygen atoms in total. The number of fused-ring (bicyclic) bond motifs is 1. The number of hydrogen-bond acceptors (Lipinski definition) is 5. The minimum absolute atomic E-state index is 0.0927. The van der Waals surface area contributed by atoms with E-state index in [1.54, 1.807) is 0 Å². The molecule has 1 unspecified atom stereocenters. The average molecular weight is 261 g/mol. The smallest absolute Gasteiger partial charge is 0.284 e. The number of likely N-dealkylation sites (N-methyl/N-ethyl adjacent to an activating group) is 1. The summed E-state index contributed by atoms with van der Waals surface area (Å²) in [6.45, 7) is 2.23. The molecule has 0 amide bonds. The number of nitrogens with two attached hydrogens (primary N) is 1. The highest BCUT2D eigenvalue weighted by Crippen LogP contribution is 2.32. The Morgan fingerprint density at radius 2 is 2.00 bits per heavy atom. The van der Waals surface area contributed by atoms with Crippen molar-refractivity contribution in [3.05, 3.63) is 41.3 Å². The quantitative estimate of drug-likeness (QED) is 0.810. The fourth-order valence-corrected chi connectivity index (χ4v) is 2.16. The number of aliphatic imine (C=N–C) groups is 1. The van der Waals surface area contributed by atoms with E-state index in [0.29, 0.717) is 18.0 Å². The highest BCUT2D eigenvalue weighted by atomic mass is 16.6. The molecule has 0 aromatic heterocycles. The van der Waals surface area contributed by atoms with Crippen molar-refractivity contribution in [3.63, 3.8) is 0 Å². The SMILES string of the molecule is CCO/C(O)=C1/c2ccccc2C(N)=NC1N(C)C. The highest BCUT2D eigenvalue weighted by Gasteiger charge is 2.30. The van der Waals surface area contributed by atoms with Crippen LogP contribution in [0.3, 0.4) is 0 Å². The number of aliphatic hydroxyl groups is 1. The molecule has 102 valence electrons. The van der Waals surface area contributed by atoms with E-state index in [9.17, 15) is 5.11 Å². The van der Waals surface area contributed by atoms with Crippen LogP contribution in [0.2, 0.25) is 0 Å². The number of nitrogens with zero attached hydrogens (tertiary/aromatic N) is 2. The lowest BCUT2D eigenvalue weighted by Gasteiger charge is -2.29. The zero-order valence-corrected chi connectivity index (χ0v) is 11.4. The minimum Gasteiger partial charge on any atom is -0.481 e. The van der Waals surface area contributed by atoms with Gasteiger partial charge in [-0.1, -0.05) is 24.3 Å². The lowest BCUT2D eigenvalue weighted by molar-refractivity contribution is 0.102. The van der Waals surface area contributed by atoms with Crippen LogP contribution in [0.15, 0.2) is 35.2 Å². The molecule has 0 saturated heterocycles. The summed E-state index contributed by atoms with van der Waals surface area (Å²) in [6.07, 6.45) is -0.346. The predicted molar refractivity (Wildman–Crippen MR) is 75.8 cm³/mol. The molecule has 0 bridgehead atoms. The maximum Gasteiger partial charge on any atom is 0.284 e. The van der Waals surface area contributed by atoms with Gasteiger partial charge in [-0.05, 0) is 26.6 Å². The van der Waals surface area contributed by atoms with Crippen LogP contribution < -0.4 is 5.73 Å². The van der Waals surface area contributed by atoms with Gasteiger partial charge in [0.15, 0.2) is 0 Å². The molecule has 1 aromatic carbocycles. The topological polar surface area (TPSA) is 71.1 Å². The van der Waals surface area contributed by atoms with Crippen molar-refractivity contribution >= 4 is 11.4 Å². The first-order chi connectivity index (χ1) is 9.06. The maximum atomic E-state index is 10.1. The highest BCUT2D eigenvalue weighted by molar-refractivity contribution is 6.05. The minimum atomic E-state index is -0.346. The molecule has 0 radical (unpaired) electrons. The van der Waals surface area contributed by atoms with E-state index in [4.69, 9.17) is 10.5 Å². The zero-order chi connectivity index (χ0) is 14.0. The van der Waals surface area contributed by atoms with E-state index in [0.717, 1.165) is 11.1 Å². The molecule has 1 aromatic rings. The van der Waals surface area contributed by atoms with E-state index in [2.05, 4.69) is 4.99 Å². The molecular weight excluding hydrogens is 242 g/mol. The second-order valence-electron chi connectivity index (χ2n) is 4.55. The molecular formula is C14H19N3O2. The molecule has 0 spiro atoms. The molecule has 19 heavy (non-hydrogen) atoms. The predicted octanol–water partition coefficient (Wildman–Crippen LogP) is 1.56. The summed E-state index contributed by atoms with van der Waals surface area (Å²) < 4.78 is 5.25. The normalized spacial score (nSPS) is 20.8. The van der Waals surface area contributed by atoms with Crippen LogP contribution in [-0.4, -0.2) is 42.7 Å². The number of hydrogen-bond donors (Lipinski definition) is 2. The molecule has 0 aliphatic carbocycles. The monoisotopic (exact) mass is 261 g/mol. The third-order valence-corrected chi connectivity index (χ3v) is 3.01. The van der Waals surface area contributed by atoms with Crippen LogP contribution in [0.5, 0.6) is 0 Å². The molecule has 3 N–H and O–H groups in total. The van der Waals surface area contributed by atoms with Gasteiger partial charge >= 0.3 is 0 Å². The van der Waals surface area contributed by atoms with Crippen LogP contribution in [-0.2, 0) is 4.74 Å². The molecule has 1 atom stereocenters. The van der Waals surface area contributed by atoms with Crippen LogP contribution in [0.1, 0.15) is 18.1 Å². The van der Waals surface area contributed by atoms with Crippen molar-refractivity contribution in [1.82, 2.24) is 4.90 Å². The fourth-order valence-electron chi connectivity index (χ4n) is 2.16. The summed E-state index contributed by atoms with van der Waals surface area (Å²) in [5.74, 6) is 0.382. The first kappa shape index (κ1) is 13.4. The van der Waals surface area contributed by atoms with E-state index < -0.39 is 0 Å². The summed E-state index contributed by atoms with van der Waals surface area (Å²) >= 11 is 0. The van der Waals surface area contributed by atoms with Gasteiger partial charge in [0.1, 0.15) is 12.0 Å². The molecule has 1 aliphatic rings. The van der Waals surface area contributed by atoms with Crippen molar-refractivity contribution in [1.29, 1.82) is 0 Å². The first-order valence-electron chi connectivity index (χ1n) is 6.21. The van der Waals surface area contributed by atoms with Gasteiger partial charge in [-0.25, -0.2) is 4.99 Å². The molecule has 1 heterocycles. The maximum absolute atomic E-state index is 10.1. The van der Waals surface area contributed by atoms with Gasteiger partial charge in [0.25, 0.3) is 5.95 Å². The number of ether oxygens (including phenoxy) is 1.